The molecule has 0 atom stereocenters. The molecule has 0 saturated carbocycles. The van der Waals surface area contributed by atoms with Crippen LogP contribution in [0.4, 0.5) is 0 Å². The number of rotatable bonds is 2. The van der Waals surface area contributed by atoms with Crippen LogP contribution in [-0.4, -0.2) is 9.78 Å². The predicted molar refractivity (Wildman–Crippen MR) is 65.0 cm³/mol. The number of nitrogens with zero attached hydrogens (tertiary/aromatic N) is 2. The van der Waals surface area contributed by atoms with Gasteiger partial charge >= 0.3 is 0 Å². The fourth-order valence-electron chi connectivity index (χ4n) is 1.32. The van der Waals surface area contributed by atoms with Crippen LogP contribution in [0.1, 0.15) is 53.5 Å². The molecule has 2 heteroatoms. The molecule has 1 aromatic rings. The first-order valence-corrected chi connectivity index (χ1v) is 5.71. The maximum atomic E-state index is 4.40. The number of hydrogen-bond acceptors (Lipinski definition) is 1. The average Bonchev–Trinajstić information content (AvgIpc) is 2.45. The van der Waals surface area contributed by atoms with Gasteiger partial charge in [-0.3, -0.25) is 4.68 Å². The van der Waals surface area contributed by atoms with Crippen LogP contribution < -0.4 is 0 Å². The van der Waals surface area contributed by atoms with Crippen LogP contribution in [0, 0.1) is 5.41 Å². The van der Waals surface area contributed by atoms with Crippen molar-refractivity contribution in [1.82, 2.24) is 9.78 Å². The summed E-state index contributed by atoms with van der Waals surface area (Å²) in [5.41, 5.74) is 1.91. The zero-order valence-corrected chi connectivity index (χ0v) is 11.0. The van der Waals surface area contributed by atoms with E-state index in [1.807, 2.05) is 6.20 Å². The van der Waals surface area contributed by atoms with Gasteiger partial charge in [0.15, 0.2) is 0 Å². The van der Waals surface area contributed by atoms with Gasteiger partial charge in [0.05, 0.1) is 6.20 Å². The van der Waals surface area contributed by atoms with Crippen LogP contribution in [0.3, 0.4) is 0 Å². The first-order chi connectivity index (χ1) is 6.68. The lowest BCUT2D eigenvalue weighted by atomic mass is 9.90. The standard InChI is InChI=1S/C13H24N2/c1-12(2,3)7-8-15-10-11(9-14-15)13(4,5)6/h9-10H,7-8H2,1-6H3. The van der Waals surface area contributed by atoms with Crippen LogP contribution in [0.5, 0.6) is 0 Å². The molecule has 0 fully saturated rings. The summed E-state index contributed by atoms with van der Waals surface area (Å²) < 4.78 is 2.06. The van der Waals surface area contributed by atoms with Gasteiger partial charge in [0.2, 0.25) is 0 Å². The molecule has 0 spiro atoms. The fraction of sp³-hybridized carbons (Fsp3) is 0.769. The van der Waals surface area contributed by atoms with Crippen molar-refractivity contribution in [3.63, 3.8) is 0 Å². The Kier molecular flexibility index (Phi) is 3.27. The lowest BCUT2D eigenvalue weighted by Gasteiger charge is -2.18. The predicted octanol–water partition coefficient (Wildman–Crippen LogP) is 3.62. The Bertz CT molecular complexity index is 310. The van der Waals surface area contributed by atoms with E-state index in [-0.39, 0.29) is 5.41 Å². The lowest BCUT2D eigenvalue weighted by molar-refractivity contribution is 0.341. The molecule has 0 bridgehead atoms. The van der Waals surface area contributed by atoms with Gasteiger partial charge < -0.3 is 0 Å². The van der Waals surface area contributed by atoms with Crippen molar-refractivity contribution in [2.24, 2.45) is 5.41 Å². The second-order valence-electron chi connectivity index (χ2n) is 6.55. The molecule has 0 aromatic carbocycles. The highest BCUT2D eigenvalue weighted by Crippen LogP contribution is 2.23. The first-order valence-electron chi connectivity index (χ1n) is 5.71. The van der Waals surface area contributed by atoms with E-state index in [0.717, 1.165) is 13.0 Å². The molecule has 1 rings (SSSR count). The zero-order chi connectivity index (χ0) is 11.7. The quantitative estimate of drug-likeness (QED) is 0.726. The minimum Gasteiger partial charge on any atom is -0.272 e. The molecule has 1 aromatic heterocycles. The van der Waals surface area contributed by atoms with E-state index >= 15 is 0 Å². The van der Waals surface area contributed by atoms with E-state index in [4.69, 9.17) is 0 Å². The third-order valence-electron chi connectivity index (χ3n) is 2.59. The second kappa shape index (κ2) is 3.99. The summed E-state index contributed by atoms with van der Waals surface area (Å²) in [4.78, 5) is 0. The highest BCUT2D eigenvalue weighted by Gasteiger charge is 2.16. The summed E-state index contributed by atoms with van der Waals surface area (Å²) >= 11 is 0. The molecule has 0 aliphatic heterocycles. The van der Waals surface area contributed by atoms with Crippen molar-refractivity contribution < 1.29 is 0 Å². The van der Waals surface area contributed by atoms with Gasteiger partial charge in [-0.05, 0) is 22.8 Å². The Morgan fingerprint density at radius 1 is 1.13 bits per heavy atom. The molecule has 0 unspecified atom stereocenters. The van der Waals surface area contributed by atoms with E-state index in [0.29, 0.717) is 5.41 Å². The molecule has 15 heavy (non-hydrogen) atoms. The van der Waals surface area contributed by atoms with Crippen LogP contribution in [0.25, 0.3) is 0 Å². The molecular weight excluding hydrogens is 184 g/mol. The number of aryl methyl sites for hydroxylation is 1. The Labute approximate surface area is 93.7 Å². The maximum absolute atomic E-state index is 4.40. The van der Waals surface area contributed by atoms with Gasteiger partial charge in [0.25, 0.3) is 0 Å². The van der Waals surface area contributed by atoms with Gasteiger partial charge in [-0.15, -0.1) is 0 Å². The monoisotopic (exact) mass is 208 g/mol. The molecule has 0 saturated heterocycles. The number of aromatic nitrogens is 2. The summed E-state index contributed by atoms with van der Waals surface area (Å²) in [7, 11) is 0. The van der Waals surface area contributed by atoms with Crippen LogP contribution in [0.2, 0.25) is 0 Å². The van der Waals surface area contributed by atoms with Gasteiger partial charge in [-0.1, -0.05) is 41.5 Å². The highest BCUT2D eigenvalue weighted by molar-refractivity contribution is 5.14. The molecule has 0 amide bonds. The summed E-state index contributed by atoms with van der Waals surface area (Å²) in [6, 6.07) is 0. The second-order valence-corrected chi connectivity index (χ2v) is 6.55. The third-order valence-corrected chi connectivity index (χ3v) is 2.59. The summed E-state index contributed by atoms with van der Waals surface area (Å²) in [6.07, 6.45) is 5.33. The van der Waals surface area contributed by atoms with Crippen LogP contribution in [-0.2, 0) is 12.0 Å². The van der Waals surface area contributed by atoms with Crippen molar-refractivity contribution in [1.29, 1.82) is 0 Å². The largest absolute Gasteiger partial charge is 0.272 e. The Morgan fingerprint density at radius 3 is 2.13 bits per heavy atom. The Balaban J connectivity index is 2.62. The summed E-state index contributed by atoms with van der Waals surface area (Å²) in [6.45, 7) is 14.5. The molecule has 0 N–H and O–H groups in total. The van der Waals surface area contributed by atoms with Crippen molar-refractivity contribution in [2.75, 3.05) is 0 Å². The van der Waals surface area contributed by atoms with E-state index in [1.165, 1.54) is 5.56 Å². The molecule has 1 heterocycles. The van der Waals surface area contributed by atoms with Crippen LogP contribution >= 0.6 is 0 Å². The minimum atomic E-state index is 0.208. The van der Waals surface area contributed by atoms with Gasteiger partial charge in [0, 0.05) is 12.7 Å². The van der Waals surface area contributed by atoms with Gasteiger partial charge in [0.1, 0.15) is 0 Å². The van der Waals surface area contributed by atoms with Crippen molar-refractivity contribution in [2.45, 2.75) is 59.9 Å². The van der Waals surface area contributed by atoms with Crippen molar-refractivity contribution in [3.05, 3.63) is 18.0 Å². The van der Waals surface area contributed by atoms with Crippen molar-refractivity contribution >= 4 is 0 Å². The van der Waals surface area contributed by atoms with E-state index in [1.54, 1.807) is 0 Å². The number of hydrogen-bond donors (Lipinski definition) is 0. The average molecular weight is 208 g/mol. The normalized spacial score (nSPS) is 13.2. The summed E-state index contributed by atoms with van der Waals surface area (Å²) in [5.74, 6) is 0. The third kappa shape index (κ3) is 4.06. The molecule has 0 radical (unpaired) electrons. The highest BCUT2D eigenvalue weighted by atomic mass is 15.3. The zero-order valence-electron chi connectivity index (χ0n) is 11.0. The Morgan fingerprint density at radius 2 is 1.73 bits per heavy atom. The van der Waals surface area contributed by atoms with Gasteiger partial charge in [-0.25, -0.2) is 0 Å². The molecule has 0 aliphatic rings. The SMILES string of the molecule is CC(C)(C)CCn1cc(C(C)(C)C)cn1. The first kappa shape index (κ1) is 12.3. The van der Waals surface area contributed by atoms with Crippen LogP contribution in [0.15, 0.2) is 12.4 Å². The molecule has 2 nitrogen and oxygen atoms in total. The van der Waals surface area contributed by atoms with Crippen molar-refractivity contribution in [3.8, 4) is 0 Å². The smallest absolute Gasteiger partial charge is 0.0527 e. The van der Waals surface area contributed by atoms with E-state index in [2.05, 4.69) is 57.5 Å². The van der Waals surface area contributed by atoms with E-state index < -0.39 is 0 Å². The Hall–Kier alpha value is -0.790. The minimum absolute atomic E-state index is 0.208. The van der Waals surface area contributed by atoms with E-state index in [9.17, 15) is 0 Å². The summed E-state index contributed by atoms with van der Waals surface area (Å²) in [5, 5.41) is 4.40. The molecule has 86 valence electrons. The topological polar surface area (TPSA) is 17.8 Å². The fourth-order valence-corrected chi connectivity index (χ4v) is 1.32. The maximum Gasteiger partial charge on any atom is 0.0527 e. The lowest BCUT2D eigenvalue weighted by Crippen LogP contribution is -2.11. The molecular formula is C13H24N2. The van der Waals surface area contributed by atoms with Gasteiger partial charge in [-0.2, -0.15) is 5.10 Å². The molecule has 0 aliphatic carbocycles.